The van der Waals surface area contributed by atoms with Crippen LogP contribution >= 0.6 is 0 Å². The molecule has 1 saturated carbocycles. The van der Waals surface area contributed by atoms with E-state index in [1.165, 1.54) is 12.8 Å². The molecule has 1 fully saturated rings. The van der Waals surface area contributed by atoms with Gasteiger partial charge in [0.25, 0.3) is 0 Å². The molecule has 0 spiro atoms. The lowest BCUT2D eigenvalue weighted by Crippen LogP contribution is -2.15. The first-order chi connectivity index (χ1) is 3.43. The molecule has 0 radical (unpaired) electrons. The predicted molar refractivity (Wildman–Crippen MR) is 29.9 cm³/mol. The zero-order chi connectivity index (χ0) is 5.11. The quantitative estimate of drug-likeness (QED) is 0.489. The molecule has 0 unspecified atom stereocenters. The van der Waals surface area contributed by atoms with E-state index < -0.39 is 0 Å². The topological polar surface area (TPSA) is 12.0 Å². The minimum atomic E-state index is 0.741. The fraction of sp³-hybridized carbons (Fsp3) is 0.667. The maximum absolute atomic E-state index is 4.99. The van der Waals surface area contributed by atoms with Gasteiger partial charge in [-0.1, -0.05) is 5.92 Å². The standard InChI is InChI=1S/C6H9N/c1-2-5-7-6-3-4-6/h1,6-7H,3-5H2. The van der Waals surface area contributed by atoms with Crippen molar-refractivity contribution in [2.45, 2.75) is 18.9 Å². The molecule has 1 aliphatic carbocycles. The Kier molecular flexibility index (Phi) is 1.33. The van der Waals surface area contributed by atoms with Crippen molar-refractivity contribution in [2.75, 3.05) is 6.54 Å². The molecule has 1 aliphatic rings. The average Bonchev–Trinajstić information content (AvgIpc) is 2.42. The van der Waals surface area contributed by atoms with Crippen molar-refractivity contribution in [1.29, 1.82) is 0 Å². The van der Waals surface area contributed by atoms with Crippen LogP contribution in [0.25, 0.3) is 0 Å². The molecule has 1 N–H and O–H groups in total. The van der Waals surface area contributed by atoms with Gasteiger partial charge in [0.1, 0.15) is 0 Å². The van der Waals surface area contributed by atoms with E-state index in [2.05, 4.69) is 11.2 Å². The molecule has 0 aromatic rings. The van der Waals surface area contributed by atoms with Crippen LogP contribution in [0.5, 0.6) is 0 Å². The summed E-state index contributed by atoms with van der Waals surface area (Å²) in [6.45, 7) is 0.741. The smallest absolute Gasteiger partial charge is 0.0575 e. The maximum atomic E-state index is 4.99. The van der Waals surface area contributed by atoms with E-state index in [1.807, 2.05) is 0 Å². The van der Waals surface area contributed by atoms with Crippen LogP contribution in [0.3, 0.4) is 0 Å². The Hall–Kier alpha value is -0.480. The first-order valence-electron chi connectivity index (χ1n) is 2.60. The third-order valence-corrected chi connectivity index (χ3v) is 1.07. The molecular formula is C6H9N. The minimum Gasteiger partial charge on any atom is -0.303 e. The molecule has 0 saturated heterocycles. The largest absolute Gasteiger partial charge is 0.303 e. The molecule has 1 rings (SSSR count). The lowest BCUT2D eigenvalue weighted by molar-refractivity contribution is 0.764. The van der Waals surface area contributed by atoms with Gasteiger partial charge in [0, 0.05) is 6.04 Å². The normalized spacial score (nSPS) is 18.7. The molecule has 0 aromatic carbocycles. The molecule has 0 aromatic heterocycles. The summed E-state index contributed by atoms with van der Waals surface area (Å²) < 4.78 is 0. The fourth-order valence-electron chi connectivity index (χ4n) is 0.491. The molecule has 0 bridgehead atoms. The molecule has 1 heteroatoms. The highest BCUT2D eigenvalue weighted by atomic mass is 14.9. The van der Waals surface area contributed by atoms with Crippen molar-refractivity contribution in [2.24, 2.45) is 0 Å². The minimum absolute atomic E-state index is 0.741. The van der Waals surface area contributed by atoms with Crippen molar-refractivity contribution in [1.82, 2.24) is 5.32 Å². The molecular weight excluding hydrogens is 86.1 g/mol. The van der Waals surface area contributed by atoms with Crippen LogP contribution in [0.2, 0.25) is 0 Å². The van der Waals surface area contributed by atoms with E-state index in [1.54, 1.807) is 0 Å². The molecule has 1 nitrogen and oxygen atoms in total. The monoisotopic (exact) mass is 95.1 g/mol. The predicted octanol–water partition coefficient (Wildman–Crippen LogP) is 0.372. The summed E-state index contributed by atoms with van der Waals surface area (Å²) in [5.41, 5.74) is 0. The van der Waals surface area contributed by atoms with Crippen molar-refractivity contribution in [3.8, 4) is 12.3 Å². The van der Waals surface area contributed by atoms with Gasteiger partial charge >= 0.3 is 0 Å². The lowest BCUT2D eigenvalue weighted by atomic mass is 10.6. The molecule has 38 valence electrons. The van der Waals surface area contributed by atoms with Gasteiger partial charge in [-0.15, -0.1) is 6.42 Å². The van der Waals surface area contributed by atoms with Crippen molar-refractivity contribution in [3.63, 3.8) is 0 Å². The first-order valence-corrected chi connectivity index (χ1v) is 2.60. The van der Waals surface area contributed by atoms with Gasteiger partial charge in [-0.3, -0.25) is 0 Å². The highest BCUT2D eigenvalue weighted by Crippen LogP contribution is 2.17. The summed E-state index contributed by atoms with van der Waals surface area (Å²) in [6, 6.07) is 0.760. The van der Waals surface area contributed by atoms with E-state index in [9.17, 15) is 0 Å². The zero-order valence-electron chi connectivity index (χ0n) is 4.28. The van der Waals surface area contributed by atoms with Gasteiger partial charge in [0.2, 0.25) is 0 Å². The Morgan fingerprint density at radius 3 is 2.86 bits per heavy atom. The van der Waals surface area contributed by atoms with Gasteiger partial charge in [-0.2, -0.15) is 0 Å². The summed E-state index contributed by atoms with van der Waals surface area (Å²) in [4.78, 5) is 0. The van der Waals surface area contributed by atoms with Crippen LogP contribution < -0.4 is 5.32 Å². The van der Waals surface area contributed by atoms with Crippen LogP contribution in [0, 0.1) is 12.3 Å². The molecule has 0 atom stereocenters. The fourth-order valence-corrected chi connectivity index (χ4v) is 0.491. The Morgan fingerprint density at radius 2 is 2.43 bits per heavy atom. The third kappa shape index (κ3) is 1.61. The highest BCUT2D eigenvalue weighted by molar-refractivity contribution is 4.91. The van der Waals surface area contributed by atoms with Crippen molar-refractivity contribution in [3.05, 3.63) is 0 Å². The molecule has 7 heavy (non-hydrogen) atoms. The number of terminal acetylenes is 1. The summed E-state index contributed by atoms with van der Waals surface area (Å²) >= 11 is 0. The average molecular weight is 95.1 g/mol. The van der Waals surface area contributed by atoms with E-state index >= 15 is 0 Å². The van der Waals surface area contributed by atoms with Gasteiger partial charge < -0.3 is 5.32 Å². The van der Waals surface area contributed by atoms with Gasteiger partial charge in [0.05, 0.1) is 6.54 Å². The van der Waals surface area contributed by atoms with Crippen molar-refractivity contribution < 1.29 is 0 Å². The van der Waals surface area contributed by atoms with Gasteiger partial charge in [-0.25, -0.2) is 0 Å². The van der Waals surface area contributed by atoms with Crippen molar-refractivity contribution >= 4 is 0 Å². The first kappa shape index (κ1) is 4.67. The summed E-state index contributed by atoms with van der Waals surface area (Å²) in [5, 5.41) is 3.17. The lowest BCUT2D eigenvalue weighted by Gasteiger charge is -1.89. The van der Waals surface area contributed by atoms with Gasteiger partial charge in [0.15, 0.2) is 0 Å². The van der Waals surface area contributed by atoms with E-state index in [-0.39, 0.29) is 0 Å². The Morgan fingerprint density at radius 1 is 1.71 bits per heavy atom. The second kappa shape index (κ2) is 1.99. The molecule has 0 aliphatic heterocycles. The van der Waals surface area contributed by atoms with Crippen LogP contribution in [0.4, 0.5) is 0 Å². The van der Waals surface area contributed by atoms with Crippen LogP contribution in [0.15, 0.2) is 0 Å². The van der Waals surface area contributed by atoms with E-state index in [0.29, 0.717) is 0 Å². The number of hydrogen-bond donors (Lipinski definition) is 1. The van der Waals surface area contributed by atoms with Crippen LogP contribution in [-0.2, 0) is 0 Å². The zero-order valence-corrected chi connectivity index (χ0v) is 4.28. The second-order valence-corrected chi connectivity index (χ2v) is 1.86. The van der Waals surface area contributed by atoms with E-state index in [4.69, 9.17) is 6.42 Å². The Labute approximate surface area is 44.1 Å². The second-order valence-electron chi connectivity index (χ2n) is 1.86. The number of rotatable bonds is 2. The van der Waals surface area contributed by atoms with Crippen LogP contribution in [0.1, 0.15) is 12.8 Å². The third-order valence-electron chi connectivity index (χ3n) is 1.07. The summed E-state index contributed by atoms with van der Waals surface area (Å²) in [5.74, 6) is 2.53. The maximum Gasteiger partial charge on any atom is 0.0575 e. The number of nitrogens with one attached hydrogen (secondary N) is 1. The van der Waals surface area contributed by atoms with E-state index in [0.717, 1.165) is 12.6 Å². The molecule has 0 heterocycles. The summed E-state index contributed by atoms with van der Waals surface area (Å²) in [7, 11) is 0. The van der Waals surface area contributed by atoms with Crippen LogP contribution in [-0.4, -0.2) is 12.6 Å². The highest BCUT2D eigenvalue weighted by Gasteiger charge is 2.18. The Balaban J connectivity index is 1.91. The SMILES string of the molecule is C#CCNC1CC1. The summed E-state index contributed by atoms with van der Waals surface area (Å²) in [6.07, 6.45) is 7.63. The number of hydrogen-bond acceptors (Lipinski definition) is 1. The Bertz CT molecular complexity index is 86.8. The van der Waals surface area contributed by atoms with Gasteiger partial charge in [-0.05, 0) is 12.8 Å². The molecule has 0 amide bonds.